The van der Waals surface area contributed by atoms with Gasteiger partial charge in [-0.15, -0.1) is 0 Å². The maximum Gasteiger partial charge on any atom is 0.180 e. The molecule has 1 rings (SSSR count). The van der Waals surface area contributed by atoms with Crippen molar-refractivity contribution >= 4 is 9.84 Å². The van der Waals surface area contributed by atoms with Crippen LogP contribution in [-0.4, -0.2) is 38.7 Å². The van der Waals surface area contributed by atoms with Gasteiger partial charge < -0.3 is 4.90 Å². The van der Waals surface area contributed by atoms with E-state index in [2.05, 4.69) is 18.9 Å². The topological polar surface area (TPSA) is 37.4 Å². The molecule has 0 bridgehead atoms. The molecule has 1 aromatic rings. The molecule has 0 saturated heterocycles. The van der Waals surface area contributed by atoms with Crippen LogP contribution in [0.2, 0.25) is 0 Å². The Morgan fingerprint density at radius 1 is 1.17 bits per heavy atom. The molecule has 18 heavy (non-hydrogen) atoms. The number of hydrogen-bond acceptors (Lipinski definition) is 3. The van der Waals surface area contributed by atoms with Crippen molar-refractivity contribution < 1.29 is 8.42 Å². The van der Waals surface area contributed by atoms with E-state index in [-0.39, 0.29) is 5.25 Å². The highest BCUT2D eigenvalue weighted by Gasteiger charge is 2.18. The van der Waals surface area contributed by atoms with Gasteiger partial charge in [-0.2, -0.15) is 0 Å². The summed E-state index contributed by atoms with van der Waals surface area (Å²) < 4.78 is 23.9. The minimum absolute atomic E-state index is 0.366. The predicted octanol–water partition coefficient (Wildman–Crippen LogP) is 2.36. The van der Waals surface area contributed by atoms with Crippen molar-refractivity contribution in [2.45, 2.75) is 37.3 Å². The fourth-order valence-corrected chi connectivity index (χ4v) is 2.66. The molecule has 0 N–H and O–H groups in total. The molecule has 0 saturated carbocycles. The van der Waals surface area contributed by atoms with E-state index < -0.39 is 9.84 Å². The lowest BCUT2D eigenvalue weighted by molar-refractivity contribution is 0.357. The van der Waals surface area contributed by atoms with E-state index in [1.54, 1.807) is 26.0 Å². The van der Waals surface area contributed by atoms with Crippen LogP contribution < -0.4 is 0 Å². The number of sulfone groups is 1. The van der Waals surface area contributed by atoms with Crippen molar-refractivity contribution in [3.05, 3.63) is 29.8 Å². The molecule has 4 heteroatoms. The van der Waals surface area contributed by atoms with Crippen LogP contribution in [0.1, 0.15) is 26.3 Å². The molecule has 0 spiro atoms. The third-order valence-electron chi connectivity index (χ3n) is 3.19. The van der Waals surface area contributed by atoms with Crippen LogP contribution in [0.25, 0.3) is 0 Å². The third-order valence-corrected chi connectivity index (χ3v) is 5.36. The second-order valence-electron chi connectivity index (χ2n) is 4.88. The molecule has 0 aromatic heterocycles. The smallest absolute Gasteiger partial charge is 0.180 e. The van der Waals surface area contributed by atoms with Crippen molar-refractivity contribution in [2.75, 3.05) is 20.1 Å². The minimum Gasteiger partial charge on any atom is -0.306 e. The molecule has 0 unspecified atom stereocenters. The Bertz CT molecular complexity index is 463. The Morgan fingerprint density at radius 3 is 2.17 bits per heavy atom. The van der Waals surface area contributed by atoms with Crippen LogP contribution in [0.15, 0.2) is 29.2 Å². The zero-order valence-electron chi connectivity index (χ0n) is 11.7. The normalized spacial score (nSPS) is 12.3. The molecule has 3 nitrogen and oxygen atoms in total. The molecule has 0 radical (unpaired) electrons. The first kappa shape index (κ1) is 15.2. The number of rotatable bonds is 6. The minimum atomic E-state index is -3.14. The molecule has 1 aromatic carbocycles. The lowest BCUT2D eigenvalue weighted by atomic mass is 10.1. The van der Waals surface area contributed by atoms with Gasteiger partial charge in [-0.1, -0.05) is 19.1 Å². The van der Waals surface area contributed by atoms with Crippen molar-refractivity contribution in [1.82, 2.24) is 4.90 Å². The number of benzene rings is 1. The highest BCUT2D eigenvalue weighted by molar-refractivity contribution is 7.92. The van der Waals surface area contributed by atoms with Gasteiger partial charge in [0.05, 0.1) is 10.1 Å². The SMILES string of the molecule is CCN(C)CCc1ccc(S(=O)(=O)C(C)C)cc1. The summed E-state index contributed by atoms with van der Waals surface area (Å²) in [5.74, 6) is 0. The monoisotopic (exact) mass is 269 g/mol. The standard InChI is InChI=1S/C14H23NO2S/c1-5-15(4)11-10-13-6-8-14(9-7-13)18(16,17)12(2)3/h6-9,12H,5,10-11H2,1-4H3. The van der Waals surface area contributed by atoms with Gasteiger partial charge >= 0.3 is 0 Å². The van der Waals surface area contributed by atoms with Crippen molar-refractivity contribution in [3.63, 3.8) is 0 Å². The van der Waals surface area contributed by atoms with Crippen LogP contribution in [0.4, 0.5) is 0 Å². The fraction of sp³-hybridized carbons (Fsp3) is 0.571. The van der Waals surface area contributed by atoms with Crippen LogP contribution in [0.5, 0.6) is 0 Å². The van der Waals surface area contributed by atoms with Crippen molar-refractivity contribution in [2.24, 2.45) is 0 Å². The van der Waals surface area contributed by atoms with E-state index in [0.29, 0.717) is 4.90 Å². The third kappa shape index (κ3) is 3.82. The van der Waals surface area contributed by atoms with Gasteiger partial charge in [-0.25, -0.2) is 8.42 Å². The van der Waals surface area contributed by atoms with E-state index in [9.17, 15) is 8.42 Å². The summed E-state index contributed by atoms with van der Waals surface area (Å²) in [6, 6.07) is 7.27. The predicted molar refractivity (Wildman–Crippen MR) is 75.6 cm³/mol. The molecule has 102 valence electrons. The molecule has 0 atom stereocenters. The number of nitrogens with zero attached hydrogens (tertiary/aromatic N) is 1. The van der Waals surface area contributed by atoms with Gasteiger partial charge in [0.2, 0.25) is 0 Å². The Kier molecular flexibility index (Phi) is 5.35. The molecule has 0 aliphatic rings. The average Bonchev–Trinajstić information content (AvgIpc) is 2.36. The quantitative estimate of drug-likeness (QED) is 0.795. The highest BCUT2D eigenvalue weighted by Crippen LogP contribution is 2.16. The van der Waals surface area contributed by atoms with Gasteiger partial charge in [-0.05, 0) is 51.6 Å². The summed E-state index contributed by atoms with van der Waals surface area (Å²) in [5.41, 5.74) is 1.18. The maximum atomic E-state index is 11.9. The average molecular weight is 269 g/mol. The maximum absolute atomic E-state index is 11.9. The highest BCUT2D eigenvalue weighted by atomic mass is 32.2. The Labute approximate surface area is 111 Å². The van der Waals surface area contributed by atoms with Crippen LogP contribution in [-0.2, 0) is 16.3 Å². The Morgan fingerprint density at radius 2 is 1.72 bits per heavy atom. The van der Waals surface area contributed by atoms with Gasteiger partial charge in [0.15, 0.2) is 9.84 Å². The largest absolute Gasteiger partial charge is 0.306 e. The first-order valence-corrected chi connectivity index (χ1v) is 7.94. The molecule has 0 aliphatic carbocycles. The van der Waals surface area contributed by atoms with E-state index >= 15 is 0 Å². The lowest BCUT2D eigenvalue weighted by Gasteiger charge is -2.13. The summed E-state index contributed by atoms with van der Waals surface area (Å²) in [6.07, 6.45) is 0.951. The summed E-state index contributed by atoms with van der Waals surface area (Å²) in [4.78, 5) is 2.66. The summed E-state index contributed by atoms with van der Waals surface area (Å²) in [5, 5.41) is -0.366. The second kappa shape index (κ2) is 6.34. The zero-order chi connectivity index (χ0) is 13.8. The summed E-state index contributed by atoms with van der Waals surface area (Å²) in [6.45, 7) is 7.56. The second-order valence-corrected chi connectivity index (χ2v) is 7.39. The first-order chi connectivity index (χ1) is 8.37. The molecule has 0 fully saturated rings. The summed E-state index contributed by atoms with van der Waals surface area (Å²) >= 11 is 0. The number of hydrogen-bond donors (Lipinski definition) is 0. The molecular formula is C14H23NO2S. The van der Waals surface area contributed by atoms with Crippen molar-refractivity contribution in [1.29, 1.82) is 0 Å². The fourth-order valence-electron chi connectivity index (χ4n) is 1.60. The van der Waals surface area contributed by atoms with E-state index in [0.717, 1.165) is 19.5 Å². The van der Waals surface area contributed by atoms with Crippen LogP contribution >= 0.6 is 0 Å². The number of likely N-dealkylation sites (N-methyl/N-ethyl adjacent to an activating group) is 1. The molecule has 0 heterocycles. The Hall–Kier alpha value is -0.870. The first-order valence-electron chi connectivity index (χ1n) is 6.39. The molecular weight excluding hydrogens is 246 g/mol. The van der Waals surface area contributed by atoms with E-state index in [1.807, 2.05) is 12.1 Å². The van der Waals surface area contributed by atoms with Crippen molar-refractivity contribution in [3.8, 4) is 0 Å². The van der Waals surface area contributed by atoms with Gasteiger partial charge in [-0.3, -0.25) is 0 Å². The van der Waals surface area contributed by atoms with E-state index in [1.165, 1.54) is 5.56 Å². The zero-order valence-corrected chi connectivity index (χ0v) is 12.5. The van der Waals surface area contributed by atoms with E-state index in [4.69, 9.17) is 0 Å². The Balaban J connectivity index is 2.75. The van der Waals surface area contributed by atoms with Gasteiger partial charge in [0, 0.05) is 6.54 Å². The van der Waals surface area contributed by atoms with Crippen LogP contribution in [0.3, 0.4) is 0 Å². The molecule has 0 aliphatic heterocycles. The lowest BCUT2D eigenvalue weighted by Crippen LogP contribution is -2.20. The van der Waals surface area contributed by atoms with Gasteiger partial charge in [0.25, 0.3) is 0 Å². The van der Waals surface area contributed by atoms with Gasteiger partial charge in [0.1, 0.15) is 0 Å². The molecule has 0 amide bonds. The summed E-state index contributed by atoms with van der Waals surface area (Å²) in [7, 11) is -1.06. The van der Waals surface area contributed by atoms with Crippen LogP contribution in [0, 0.1) is 0 Å².